The highest BCUT2D eigenvalue weighted by atomic mass is 19.4. The average molecular weight is 520 g/mol. The summed E-state index contributed by atoms with van der Waals surface area (Å²) in [6.45, 7) is 3.11. The summed E-state index contributed by atoms with van der Waals surface area (Å²) in [7, 11) is 1.61. The summed E-state index contributed by atoms with van der Waals surface area (Å²) in [6.07, 6.45) is -2.11. The molecule has 0 saturated carbocycles. The van der Waals surface area contributed by atoms with Crippen molar-refractivity contribution < 1.29 is 23.1 Å². The Morgan fingerprint density at radius 2 is 1.79 bits per heavy atom. The standard InChI is InChI=1S/C28H24F3N5O2/c1-16-13-22(28(29,30)31)21(23-10-11-35(3)34-23)15-20(16)27(38)33-26-25(18-7-5-4-6-8-18)32-24-14-19(17(2)37)9-12-36(24)26/h4-15,17,37H,1-3H3,(H,33,38). The van der Waals surface area contributed by atoms with E-state index in [2.05, 4.69) is 15.4 Å². The van der Waals surface area contributed by atoms with Gasteiger partial charge in [-0.15, -0.1) is 0 Å². The van der Waals surface area contributed by atoms with Gasteiger partial charge >= 0.3 is 6.18 Å². The normalized spacial score (nSPS) is 12.6. The summed E-state index contributed by atoms with van der Waals surface area (Å²) < 4.78 is 44.8. The van der Waals surface area contributed by atoms with Crippen molar-refractivity contribution in [2.24, 2.45) is 7.05 Å². The molecule has 7 nitrogen and oxygen atoms in total. The van der Waals surface area contributed by atoms with E-state index in [9.17, 15) is 23.1 Å². The molecule has 10 heteroatoms. The highest BCUT2D eigenvalue weighted by Gasteiger charge is 2.35. The summed E-state index contributed by atoms with van der Waals surface area (Å²) >= 11 is 0. The first kappa shape index (κ1) is 25.2. The quantitative estimate of drug-likeness (QED) is 0.297. The maximum absolute atomic E-state index is 13.9. The Bertz CT molecular complexity index is 1650. The van der Waals surface area contributed by atoms with Crippen LogP contribution in [0.1, 0.15) is 40.1 Å². The molecule has 3 aromatic heterocycles. The van der Waals surface area contributed by atoms with Crippen molar-refractivity contribution in [2.75, 3.05) is 5.32 Å². The number of alkyl halides is 3. The predicted octanol–water partition coefficient (Wildman–Crippen LogP) is 6.03. The largest absolute Gasteiger partial charge is 0.417 e. The molecule has 38 heavy (non-hydrogen) atoms. The first-order valence-electron chi connectivity index (χ1n) is 11.8. The van der Waals surface area contributed by atoms with Gasteiger partial charge in [0.2, 0.25) is 0 Å². The first-order chi connectivity index (χ1) is 18.0. The van der Waals surface area contributed by atoms with Crippen LogP contribution in [0.2, 0.25) is 0 Å². The molecule has 2 N–H and O–H groups in total. The number of rotatable bonds is 5. The van der Waals surface area contributed by atoms with Gasteiger partial charge in [0, 0.05) is 36.1 Å². The first-order valence-corrected chi connectivity index (χ1v) is 11.8. The SMILES string of the molecule is Cc1cc(C(F)(F)F)c(-c2ccn(C)n2)cc1C(=O)Nc1c(-c2ccccc2)nc2cc(C(C)O)ccn12. The lowest BCUT2D eigenvalue weighted by Gasteiger charge is -2.16. The van der Waals surface area contributed by atoms with E-state index < -0.39 is 23.8 Å². The van der Waals surface area contributed by atoms with Crippen LogP contribution in [0.4, 0.5) is 19.0 Å². The van der Waals surface area contributed by atoms with Gasteiger partial charge in [-0.3, -0.25) is 13.9 Å². The average Bonchev–Trinajstić information content (AvgIpc) is 3.47. The maximum Gasteiger partial charge on any atom is 0.417 e. The molecule has 3 heterocycles. The molecule has 0 radical (unpaired) electrons. The summed E-state index contributed by atoms with van der Waals surface area (Å²) in [6, 6.07) is 16.3. The van der Waals surface area contributed by atoms with Crippen LogP contribution in [0.15, 0.2) is 73.1 Å². The molecule has 1 atom stereocenters. The van der Waals surface area contributed by atoms with E-state index in [1.54, 1.807) is 42.9 Å². The van der Waals surface area contributed by atoms with Crippen LogP contribution >= 0.6 is 0 Å². The number of anilines is 1. The van der Waals surface area contributed by atoms with E-state index in [4.69, 9.17) is 0 Å². The van der Waals surface area contributed by atoms with Crippen LogP contribution in [0.25, 0.3) is 28.2 Å². The minimum absolute atomic E-state index is 0.0771. The van der Waals surface area contributed by atoms with Crippen LogP contribution in [0, 0.1) is 6.92 Å². The molecule has 0 aliphatic rings. The molecule has 0 aliphatic carbocycles. The number of hydrogen-bond acceptors (Lipinski definition) is 4. The Labute approximate surface area is 216 Å². The summed E-state index contributed by atoms with van der Waals surface area (Å²) in [5.41, 5.74) is 1.68. The van der Waals surface area contributed by atoms with Crippen molar-refractivity contribution in [2.45, 2.75) is 26.1 Å². The Hall–Kier alpha value is -4.44. The molecular weight excluding hydrogens is 495 g/mol. The van der Waals surface area contributed by atoms with E-state index >= 15 is 0 Å². The smallest absolute Gasteiger partial charge is 0.389 e. The number of imidazole rings is 1. The van der Waals surface area contributed by atoms with Crippen molar-refractivity contribution in [1.29, 1.82) is 0 Å². The van der Waals surface area contributed by atoms with Crippen molar-refractivity contribution in [3.8, 4) is 22.5 Å². The molecule has 0 aliphatic heterocycles. The predicted molar refractivity (Wildman–Crippen MR) is 138 cm³/mol. The number of aliphatic hydroxyl groups excluding tert-OH is 1. The fourth-order valence-electron chi connectivity index (χ4n) is 4.37. The lowest BCUT2D eigenvalue weighted by Crippen LogP contribution is -2.17. The van der Waals surface area contributed by atoms with Gasteiger partial charge in [0.25, 0.3) is 5.91 Å². The molecule has 0 fully saturated rings. The number of carbonyl (C=O) groups excluding carboxylic acids is 1. The van der Waals surface area contributed by atoms with Crippen LogP contribution in [0.5, 0.6) is 0 Å². The summed E-state index contributed by atoms with van der Waals surface area (Å²) in [4.78, 5) is 18.3. The van der Waals surface area contributed by atoms with Crippen molar-refractivity contribution >= 4 is 17.4 Å². The van der Waals surface area contributed by atoms with Gasteiger partial charge in [0.15, 0.2) is 0 Å². The zero-order valence-electron chi connectivity index (χ0n) is 20.8. The number of aromatic nitrogens is 4. The Morgan fingerprint density at radius 3 is 2.42 bits per heavy atom. The Balaban J connectivity index is 1.63. The van der Waals surface area contributed by atoms with Gasteiger partial charge in [-0.2, -0.15) is 18.3 Å². The number of fused-ring (bicyclic) bond motifs is 1. The van der Waals surface area contributed by atoms with Crippen LogP contribution in [-0.2, 0) is 13.2 Å². The number of halogens is 3. The third-order valence-electron chi connectivity index (χ3n) is 6.32. The zero-order valence-corrected chi connectivity index (χ0v) is 20.8. The van der Waals surface area contributed by atoms with Crippen LogP contribution in [0.3, 0.4) is 0 Å². The van der Waals surface area contributed by atoms with E-state index in [1.807, 2.05) is 30.3 Å². The fraction of sp³-hybridized carbons (Fsp3) is 0.179. The number of aliphatic hydroxyl groups is 1. The number of aryl methyl sites for hydroxylation is 2. The Kier molecular flexibility index (Phi) is 6.28. The second-order valence-electron chi connectivity index (χ2n) is 9.08. The number of nitrogens with zero attached hydrogens (tertiary/aromatic N) is 4. The highest BCUT2D eigenvalue weighted by Crippen LogP contribution is 2.39. The van der Waals surface area contributed by atoms with Crippen LogP contribution < -0.4 is 5.32 Å². The molecule has 194 valence electrons. The molecule has 1 amide bonds. The summed E-state index contributed by atoms with van der Waals surface area (Å²) in [5, 5.41) is 17.0. The molecule has 0 saturated heterocycles. The molecule has 0 bridgehead atoms. The molecule has 5 rings (SSSR count). The number of carbonyl (C=O) groups is 1. The van der Waals surface area contributed by atoms with Gasteiger partial charge in [-0.05, 0) is 55.3 Å². The highest BCUT2D eigenvalue weighted by molar-refractivity contribution is 6.07. The van der Waals surface area contributed by atoms with E-state index in [1.165, 1.54) is 23.7 Å². The molecule has 1 unspecified atom stereocenters. The second kappa shape index (κ2) is 9.46. The molecule has 2 aromatic carbocycles. The van der Waals surface area contributed by atoms with Crippen molar-refractivity contribution in [3.63, 3.8) is 0 Å². The molecule has 5 aromatic rings. The number of benzene rings is 2. The van der Waals surface area contributed by atoms with Gasteiger partial charge in [0.05, 0.1) is 17.4 Å². The van der Waals surface area contributed by atoms with E-state index in [0.29, 0.717) is 22.7 Å². The maximum atomic E-state index is 13.9. The van der Waals surface area contributed by atoms with Gasteiger partial charge in [-0.1, -0.05) is 30.3 Å². The lowest BCUT2D eigenvalue weighted by molar-refractivity contribution is -0.137. The van der Waals surface area contributed by atoms with E-state index in [0.717, 1.165) is 11.6 Å². The minimum atomic E-state index is -4.63. The number of amides is 1. The molecule has 0 spiro atoms. The van der Waals surface area contributed by atoms with Crippen molar-refractivity contribution in [1.82, 2.24) is 19.2 Å². The monoisotopic (exact) mass is 519 g/mol. The zero-order chi connectivity index (χ0) is 27.2. The van der Waals surface area contributed by atoms with Gasteiger partial charge < -0.3 is 10.4 Å². The van der Waals surface area contributed by atoms with E-state index in [-0.39, 0.29) is 22.4 Å². The topological polar surface area (TPSA) is 84.5 Å². The third-order valence-corrected chi connectivity index (χ3v) is 6.32. The molecular formula is C28H24F3N5O2. The number of nitrogens with one attached hydrogen (secondary N) is 1. The Morgan fingerprint density at radius 1 is 1.05 bits per heavy atom. The number of pyridine rings is 1. The second-order valence-corrected chi connectivity index (χ2v) is 9.08. The summed E-state index contributed by atoms with van der Waals surface area (Å²) in [5.74, 6) is -0.237. The number of hydrogen-bond donors (Lipinski definition) is 2. The fourth-order valence-corrected chi connectivity index (χ4v) is 4.37. The van der Waals surface area contributed by atoms with Crippen LogP contribution in [-0.4, -0.2) is 30.2 Å². The van der Waals surface area contributed by atoms with Crippen molar-refractivity contribution in [3.05, 3.63) is 95.3 Å². The lowest BCUT2D eigenvalue weighted by atomic mass is 9.96. The van der Waals surface area contributed by atoms with Gasteiger partial charge in [-0.25, -0.2) is 4.98 Å². The minimum Gasteiger partial charge on any atom is -0.389 e. The van der Waals surface area contributed by atoms with Gasteiger partial charge in [0.1, 0.15) is 17.2 Å². The third kappa shape index (κ3) is 4.66.